The van der Waals surface area contributed by atoms with Crippen LogP contribution in [0.1, 0.15) is 42.4 Å². The maximum absolute atomic E-state index is 12.6. The minimum atomic E-state index is -0.611. The number of carbonyl (C=O) groups excluding carboxylic acids is 1. The first kappa shape index (κ1) is 18.6. The predicted octanol–water partition coefficient (Wildman–Crippen LogP) is 6.31. The van der Waals surface area contributed by atoms with E-state index < -0.39 is 5.41 Å². The van der Waals surface area contributed by atoms with Crippen molar-refractivity contribution in [1.82, 2.24) is 0 Å². The minimum Gasteiger partial charge on any atom is -0.462 e. The fraction of sp³-hybridized carbons (Fsp3) is 0.348. The molecular weight excluding hydrogens is 379 g/mol. The summed E-state index contributed by atoms with van der Waals surface area (Å²) in [5.74, 6) is 0.162. The van der Waals surface area contributed by atoms with Crippen LogP contribution in [-0.4, -0.2) is 12.1 Å². The van der Waals surface area contributed by atoms with Crippen molar-refractivity contribution < 1.29 is 9.53 Å². The van der Waals surface area contributed by atoms with Gasteiger partial charge in [-0.2, -0.15) is 0 Å². The third kappa shape index (κ3) is 2.99. The van der Waals surface area contributed by atoms with Crippen LogP contribution in [0.3, 0.4) is 0 Å². The third-order valence-corrected chi connectivity index (χ3v) is 6.69. The van der Waals surface area contributed by atoms with Gasteiger partial charge in [0.25, 0.3) is 0 Å². The van der Waals surface area contributed by atoms with Crippen LogP contribution in [0.2, 0.25) is 10.0 Å². The fourth-order valence-electron chi connectivity index (χ4n) is 4.89. The normalized spacial score (nSPS) is 32.3. The Morgan fingerprint density at radius 3 is 2.37 bits per heavy atom. The number of esters is 1. The molecule has 0 unspecified atom stereocenters. The largest absolute Gasteiger partial charge is 0.462 e. The Kier molecular flexibility index (Phi) is 4.60. The van der Waals surface area contributed by atoms with Crippen molar-refractivity contribution >= 4 is 29.2 Å². The molecule has 2 nitrogen and oxygen atoms in total. The van der Waals surface area contributed by atoms with E-state index in [9.17, 15) is 4.79 Å². The monoisotopic (exact) mass is 400 g/mol. The molecule has 1 fully saturated rings. The quantitative estimate of drug-likeness (QED) is 0.436. The van der Waals surface area contributed by atoms with Gasteiger partial charge in [-0.25, -0.2) is 0 Å². The number of allylic oxidation sites excluding steroid dienone is 1. The number of ether oxygens (including phenoxy) is 1. The lowest BCUT2D eigenvalue weighted by Crippen LogP contribution is -2.39. The number of aryl methyl sites for hydroxylation is 1. The maximum atomic E-state index is 12.6. The van der Waals surface area contributed by atoms with Gasteiger partial charge in [0.2, 0.25) is 0 Å². The zero-order valence-electron chi connectivity index (χ0n) is 15.6. The molecule has 27 heavy (non-hydrogen) atoms. The van der Waals surface area contributed by atoms with E-state index in [0.29, 0.717) is 5.02 Å². The van der Waals surface area contributed by atoms with Gasteiger partial charge in [-0.1, -0.05) is 53.6 Å². The molecule has 2 aromatic carbocycles. The zero-order valence-corrected chi connectivity index (χ0v) is 17.1. The zero-order chi connectivity index (χ0) is 19.3. The standard InChI is InChI=1S/C23H22Cl2O2/c1-13-12-17(25)8-9-18(13)19-10-11-23(3)21(14(2)27-22(23)26)20(19)15-4-6-16(24)7-5-15/h4-12,14,19-21H,1-3H3/t14-,19-,20+,21+,23-/m1/s1. The molecule has 4 rings (SSSR count). The SMILES string of the molecule is Cc1cc(Cl)ccc1[C@H]1C=C[C@@]2(C)C(=O)O[C@H](C)[C@H]2[C@H]1c1ccc(Cl)cc1. The summed E-state index contributed by atoms with van der Waals surface area (Å²) >= 11 is 12.3. The molecule has 1 heterocycles. The molecule has 5 atom stereocenters. The van der Waals surface area contributed by atoms with E-state index >= 15 is 0 Å². The Morgan fingerprint density at radius 2 is 1.70 bits per heavy atom. The molecule has 0 N–H and O–H groups in total. The smallest absolute Gasteiger partial charge is 0.316 e. The lowest BCUT2D eigenvalue weighted by Gasteiger charge is -2.41. The topological polar surface area (TPSA) is 26.3 Å². The van der Waals surface area contributed by atoms with Gasteiger partial charge in [0.05, 0.1) is 5.41 Å². The van der Waals surface area contributed by atoms with Crippen molar-refractivity contribution in [3.05, 3.63) is 81.4 Å². The summed E-state index contributed by atoms with van der Waals surface area (Å²) in [5, 5.41) is 1.44. The fourth-order valence-corrected chi connectivity index (χ4v) is 5.25. The van der Waals surface area contributed by atoms with Crippen molar-refractivity contribution in [2.75, 3.05) is 0 Å². The summed E-state index contributed by atoms with van der Waals surface area (Å²) in [6, 6.07) is 14.0. The van der Waals surface area contributed by atoms with Crippen molar-refractivity contribution in [3.8, 4) is 0 Å². The highest BCUT2D eigenvalue weighted by Crippen LogP contribution is 2.57. The summed E-state index contributed by atoms with van der Waals surface area (Å²) in [6.07, 6.45) is 4.07. The molecule has 1 saturated heterocycles. The molecule has 2 aliphatic rings. The van der Waals surface area contributed by atoms with E-state index in [4.69, 9.17) is 27.9 Å². The lowest BCUT2D eigenvalue weighted by molar-refractivity contribution is -0.146. The molecule has 0 aromatic heterocycles. The number of benzene rings is 2. The van der Waals surface area contributed by atoms with Gasteiger partial charge < -0.3 is 4.74 Å². The molecule has 0 amide bonds. The molecule has 140 valence electrons. The highest BCUT2D eigenvalue weighted by Gasteiger charge is 2.57. The van der Waals surface area contributed by atoms with Gasteiger partial charge in [0, 0.05) is 27.8 Å². The number of fused-ring (bicyclic) bond motifs is 1. The summed E-state index contributed by atoms with van der Waals surface area (Å²) in [5.41, 5.74) is 2.94. The van der Waals surface area contributed by atoms with Gasteiger partial charge in [0.1, 0.15) is 6.10 Å². The third-order valence-electron chi connectivity index (χ3n) is 6.20. The van der Waals surface area contributed by atoms with E-state index in [2.05, 4.69) is 37.3 Å². The van der Waals surface area contributed by atoms with Crippen LogP contribution in [0.5, 0.6) is 0 Å². The molecule has 0 saturated carbocycles. The van der Waals surface area contributed by atoms with E-state index in [1.54, 1.807) is 0 Å². The second-order valence-electron chi connectivity index (χ2n) is 7.88. The second-order valence-corrected chi connectivity index (χ2v) is 8.75. The Morgan fingerprint density at radius 1 is 1.04 bits per heavy atom. The summed E-state index contributed by atoms with van der Waals surface area (Å²) in [6.45, 7) is 6.08. The van der Waals surface area contributed by atoms with Crippen LogP contribution in [0, 0.1) is 18.3 Å². The van der Waals surface area contributed by atoms with Crippen molar-refractivity contribution in [3.63, 3.8) is 0 Å². The highest BCUT2D eigenvalue weighted by atomic mass is 35.5. The average molecular weight is 401 g/mol. The van der Waals surface area contributed by atoms with Crippen LogP contribution >= 0.6 is 23.2 Å². The molecule has 0 bridgehead atoms. The Labute approximate surface area is 170 Å². The molecule has 1 aliphatic heterocycles. The summed E-state index contributed by atoms with van der Waals surface area (Å²) < 4.78 is 5.68. The van der Waals surface area contributed by atoms with Gasteiger partial charge in [-0.3, -0.25) is 4.79 Å². The number of carbonyl (C=O) groups is 1. The second kappa shape index (κ2) is 6.68. The first-order valence-electron chi connectivity index (χ1n) is 9.23. The Bertz CT molecular complexity index is 918. The van der Waals surface area contributed by atoms with E-state index in [-0.39, 0.29) is 29.8 Å². The number of hydrogen-bond acceptors (Lipinski definition) is 2. The molecule has 4 heteroatoms. The Hall–Kier alpha value is -1.77. The molecule has 0 radical (unpaired) electrons. The van der Waals surface area contributed by atoms with Crippen molar-refractivity contribution in [2.24, 2.45) is 11.3 Å². The number of halogens is 2. The Balaban J connectivity index is 1.90. The van der Waals surface area contributed by atoms with Gasteiger partial charge >= 0.3 is 5.97 Å². The number of cyclic esters (lactones) is 1. The van der Waals surface area contributed by atoms with Crippen molar-refractivity contribution in [1.29, 1.82) is 0 Å². The molecule has 1 aliphatic carbocycles. The number of rotatable bonds is 2. The lowest BCUT2D eigenvalue weighted by atomic mass is 9.59. The summed E-state index contributed by atoms with van der Waals surface area (Å²) in [7, 11) is 0. The van der Waals surface area contributed by atoms with Gasteiger partial charge in [0.15, 0.2) is 0 Å². The molecule has 2 aromatic rings. The highest BCUT2D eigenvalue weighted by molar-refractivity contribution is 6.30. The molecular formula is C23H22Cl2O2. The molecule has 0 spiro atoms. The average Bonchev–Trinajstić information content (AvgIpc) is 2.85. The number of hydrogen-bond donors (Lipinski definition) is 0. The van der Waals surface area contributed by atoms with Crippen LogP contribution in [-0.2, 0) is 9.53 Å². The van der Waals surface area contributed by atoms with Crippen LogP contribution in [0.15, 0.2) is 54.6 Å². The van der Waals surface area contributed by atoms with Crippen LogP contribution in [0.4, 0.5) is 0 Å². The first-order valence-corrected chi connectivity index (χ1v) is 9.99. The van der Waals surface area contributed by atoms with E-state index in [1.165, 1.54) is 11.1 Å². The minimum absolute atomic E-state index is 0.0521. The van der Waals surface area contributed by atoms with Crippen LogP contribution in [0.25, 0.3) is 0 Å². The predicted molar refractivity (Wildman–Crippen MR) is 109 cm³/mol. The first-order chi connectivity index (χ1) is 12.8. The summed E-state index contributed by atoms with van der Waals surface area (Å²) in [4.78, 5) is 12.6. The maximum Gasteiger partial charge on any atom is 0.316 e. The van der Waals surface area contributed by atoms with Crippen molar-refractivity contribution in [2.45, 2.75) is 38.7 Å². The van der Waals surface area contributed by atoms with Gasteiger partial charge in [-0.15, -0.1) is 0 Å². The van der Waals surface area contributed by atoms with E-state index in [1.807, 2.05) is 38.1 Å². The van der Waals surface area contributed by atoms with E-state index in [0.717, 1.165) is 10.6 Å². The van der Waals surface area contributed by atoms with Crippen LogP contribution < -0.4 is 0 Å². The van der Waals surface area contributed by atoms with Gasteiger partial charge in [-0.05, 0) is 61.7 Å².